The molecular formula is C14H24N4OS. The number of rotatable bonds is 4. The van der Waals surface area contributed by atoms with Crippen molar-refractivity contribution >= 4 is 22.4 Å². The van der Waals surface area contributed by atoms with Crippen LogP contribution in [0.1, 0.15) is 45.0 Å². The van der Waals surface area contributed by atoms with Crippen LogP contribution in [-0.2, 0) is 11.2 Å². The lowest BCUT2D eigenvalue weighted by molar-refractivity contribution is -0.123. The molecule has 2 rings (SSSR count). The molecule has 0 spiro atoms. The SMILES string of the molecule is CC(C)(C)C(=O)Nc1nnc(CCN2CCCCC2)s1. The van der Waals surface area contributed by atoms with Crippen LogP contribution in [0.5, 0.6) is 0 Å². The number of anilines is 1. The smallest absolute Gasteiger partial charge is 0.231 e. The standard InChI is InChI=1S/C14H24N4OS/c1-14(2,3)12(19)15-13-17-16-11(20-13)7-10-18-8-5-4-6-9-18/h4-10H2,1-3H3,(H,15,17,19). The second-order valence-electron chi connectivity index (χ2n) is 6.36. The molecule has 1 fully saturated rings. The number of nitrogens with zero attached hydrogens (tertiary/aromatic N) is 3. The maximum Gasteiger partial charge on any atom is 0.231 e. The number of hydrogen-bond acceptors (Lipinski definition) is 5. The van der Waals surface area contributed by atoms with Gasteiger partial charge in [-0.25, -0.2) is 0 Å². The zero-order valence-electron chi connectivity index (χ0n) is 12.6. The van der Waals surface area contributed by atoms with Gasteiger partial charge in [0.25, 0.3) is 0 Å². The van der Waals surface area contributed by atoms with Crippen molar-refractivity contribution in [3.63, 3.8) is 0 Å². The molecule has 6 heteroatoms. The molecular weight excluding hydrogens is 272 g/mol. The molecule has 20 heavy (non-hydrogen) atoms. The Kier molecular flexibility index (Phi) is 5.10. The van der Waals surface area contributed by atoms with Gasteiger partial charge in [0.15, 0.2) is 0 Å². The van der Waals surface area contributed by atoms with E-state index in [1.54, 1.807) is 0 Å². The predicted octanol–water partition coefficient (Wildman–Crippen LogP) is 2.55. The van der Waals surface area contributed by atoms with E-state index < -0.39 is 5.41 Å². The lowest BCUT2D eigenvalue weighted by atomic mass is 9.96. The molecule has 1 N–H and O–H groups in total. The molecule has 5 nitrogen and oxygen atoms in total. The van der Waals surface area contributed by atoms with E-state index in [4.69, 9.17) is 0 Å². The third-order valence-electron chi connectivity index (χ3n) is 3.46. The quantitative estimate of drug-likeness (QED) is 0.927. The Hall–Kier alpha value is -1.01. The van der Waals surface area contributed by atoms with Crippen molar-refractivity contribution in [3.8, 4) is 0 Å². The highest BCUT2D eigenvalue weighted by Crippen LogP contribution is 2.21. The molecule has 0 aliphatic carbocycles. The van der Waals surface area contributed by atoms with Crippen molar-refractivity contribution < 1.29 is 4.79 Å². The van der Waals surface area contributed by atoms with Crippen LogP contribution in [0, 0.1) is 5.41 Å². The summed E-state index contributed by atoms with van der Waals surface area (Å²) in [6, 6.07) is 0. The van der Waals surface area contributed by atoms with Crippen molar-refractivity contribution in [2.24, 2.45) is 5.41 Å². The Morgan fingerprint density at radius 2 is 1.95 bits per heavy atom. The first-order chi connectivity index (χ1) is 9.45. The second kappa shape index (κ2) is 6.63. The minimum Gasteiger partial charge on any atom is -0.303 e. The van der Waals surface area contributed by atoms with Gasteiger partial charge in [-0.15, -0.1) is 10.2 Å². The van der Waals surface area contributed by atoms with Gasteiger partial charge >= 0.3 is 0 Å². The van der Waals surface area contributed by atoms with Gasteiger partial charge in [-0.1, -0.05) is 38.5 Å². The molecule has 0 unspecified atom stereocenters. The zero-order valence-corrected chi connectivity index (χ0v) is 13.4. The second-order valence-corrected chi connectivity index (χ2v) is 7.42. The van der Waals surface area contributed by atoms with E-state index in [2.05, 4.69) is 20.4 Å². The normalized spacial score (nSPS) is 17.1. The van der Waals surface area contributed by atoms with Crippen molar-refractivity contribution in [2.75, 3.05) is 25.0 Å². The molecule has 0 saturated carbocycles. The number of carbonyl (C=O) groups excluding carboxylic acids is 1. The minimum absolute atomic E-state index is 0.0174. The van der Waals surface area contributed by atoms with E-state index in [9.17, 15) is 4.79 Å². The summed E-state index contributed by atoms with van der Waals surface area (Å²) in [6.45, 7) is 9.11. The molecule has 0 atom stereocenters. The number of hydrogen-bond donors (Lipinski definition) is 1. The number of amides is 1. The Labute approximate surface area is 124 Å². The molecule has 1 aromatic heterocycles. The summed E-state index contributed by atoms with van der Waals surface area (Å²) in [5.41, 5.74) is -0.403. The van der Waals surface area contributed by atoms with Gasteiger partial charge in [-0.2, -0.15) is 0 Å². The van der Waals surface area contributed by atoms with E-state index in [-0.39, 0.29) is 5.91 Å². The fraction of sp³-hybridized carbons (Fsp3) is 0.786. The van der Waals surface area contributed by atoms with Gasteiger partial charge in [-0.3, -0.25) is 4.79 Å². The molecule has 1 saturated heterocycles. The summed E-state index contributed by atoms with van der Waals surface area (Å²) >= 11 is 1.49. The van der Waals surface area contributed by atoms with Crippen molar-refractivity contribution in [2.45, 2.75) is 46.5 Å². The van der Waals surface area contributed by atoms with E-state index >= 15 is 0 Å². The summed E-state index contributed by atoms with van der Waals surface area (Å²) in [7, 11) is 0. The fourth-order valence-corrected chi connectivity index (χ4v) is 2.85. The van der Waals surface area contributed by atoms with E-state index in [1.807, 2.05) is 20.8 Å². The molecule has 112 valence electrons. The van der Waals surface area contributed by atoms with Crippen LogP contribution in [0.2, 0.25) is 0 Å². The number of nitrogens with one attached hydrogen (secondary N) is 1. The summed E-state index contributed by atoms with van der Waals surface area (Å²) in [6.07, 6.45) is 4.90. The highest BCUT2D eigenvalue weighted by Gasteiger charge is 2.22. The first-order valence-corrected chi connectivity index (χ1v) is 8.13. The Morgan fingerprint density at radius 3 is 2.60 bits per heavy atom. The van der Waals surface area contributed by atoms with E-state index in [0.717, 1.165) is 18.0 Å². The van der Waals surface area contributed by atoms with Crippen LogP contribution >= 0.6 is 11.3 Å². The van der Waals surface area contributed by atoms with Gasteiger partial charge in [0.1, 0.15) is 5.01 Å². The van der Waals surface area contributed by atoms with Crippen LogP contribution in [0.4, 0.5) is 5.13 Å². The van der Waals surface area contributed by atoms with Gasteiger partial charge < -0.3 is 10.2 Å². The third kappa shape index (κ3) is 4.52. The highest BCUT2D eigenvalue weighted by molar-refractivity contribution is 7.15. The molecule has 1 aliphatic heterocycles. The third-order valence-corrected chi connectivity index (χ3v) is 4.36. The molecule has 1 aromatic rings. The van der Waals surface area contributed by atoms with Crippen LogP contribution in [0.25, 0.3) is 0 Å². The monoisotopic (exact) mass is 296 g/mol. The molecule has 1 amide bonds. The topological polar surface area (TPSA) is 58.1 Å². The Bertz CT molecular complexity index is 446. The van der Waals surface area contributed by atoms with Crippen molar-refractivity contribution in [3.05, 3.63) is 5.01 Å². The Balaban J connectivity index is 1.81. The van der Waals surface area contributed by atoms with E-state index in [0.29, 0.717) is 5.13 Å². The molecule has 0 radical (unpaired) electrons. The van der Waals surface area contributed by atoms with Gasteiger partial charge in [-0.05, 0) is 25.9 Å². The zero-order chi connectivity index (χ0) is 14.6. The van der Waals surface area contributed by atoms with Gasteiger partial charge in [0.2, 0.25) is 11.0 Å². The maximum atomic E-state index is 11.9. The van der Waals surface area contributed by atoms with E-state index in [1.165, 1.54) is 43.7 Å². The van der Waals surface area contributed by atoms with Crippen LogP contribution in [0.3, 0.4) is 0 Å². The van der Waals surface area contributed by atoms with Crippen LogP contribution in [-0.4, -0.2) is 40.6 Å². The average molecular weight is 296 g/mol. The fourth-order valence-electron chi connectivity index (χ4n) is 2.13. The summed E-state index contributed by atoms with van der Waals surface area (Å²) in [4.78, 5) is 14.4. The lowest BCUT2D eigenvalue weighted by Crippen LogP contribution is -2.31. The number of carbonyl (C=O) groups is 1. The minimum atomic E-state index is -0.403. The Morgan fingerprint density at radius 1 is 1.25 bits per heavy atom. The molecule has 0 aromatic carbocycles. The molecule has 2 heterocycles. The molecule has 1 aliphatic rings. The highest BCUT2D eigenvalue weighted by atomic mass is 32.1. The average Bonchev–Trinajstić information content (AvgIpc) is 2.84. The maximum absolute atomic E-state index is 11.9. The largest absolute Gasteiger partial charge is 0.303 e. The molecule has 0 bridgehead atoms. The number of piperidine rings is 1. The van der Waals surface area contributed by atoms with Gasteiger partial charge in [0, 0.05) is 18.4 Å². The van der Waals surface area contributed by atoms with Crippen LogP contribution in [0.15, 0.2) is 0 Å². The summed E-state index contributed by atoms with van der Waals surface area (Å²) < 4.78 is 0. The first-order valence-electron chi connectivity index (χ1n) is 7.31. The number of aromatic nitrogens is 2. The summed E-state index contributed by atoms with van der Waals surface area (Å²) in [5, 5.41) is 12.7. The summed E-state index contributed by atoms with van der Waals surface area (Å²) in [5.74, 6) is -0.0174. The first kappa shape index (κ1) is 15.4. The predicted molar refractivity (Wildman–Crippen MR) is 82.0 cm³/mol. The van der Waals surface area contributed by atoms with Gasteiger partial charge in [0.05, 0.1) is 0 Å². The van der Waals surface area contributed by atoms with Crippen molar-refractivity contribution in [1.29, 1.82) is 0 Å². The van der Waals surface area contributed by atoms with Crippen molar-refractivity contribution in [1.82, 2.24) is 15.1 Å². The van der Waals surface area contributed by atoms with Crippen LogP contribution < -0.4 is 5.32 Å². The lowest BCUT2D eigenvalue weighted by Gasteiger charge is -2.25. The number of likely N-dealkylation sites (tertiary alicyclic amines) is 1.